The van der Waals surface area contributed by atoms with Gasteiger partial charge in [0, 0.05) is 44.5 Å². The predicted molar refractivity (Wildman–Crippen MR) is 81.0 cm³/mol. The number of nitrogens with zero attached hydrogens (tertiary/aromatic N) is 3. The first-order valence-corrected chi connectivity index (χ1v) is 9.21. The highest BCUT2D eigenvalue weighted by atomic mass is 32.2. The van der Waals surface area contributed by atoms with Crippen LogP contribution in [0.25, 0.3) is 0 Å². The maximum Gasteiger partial charge on any atom is 0.282 e. The summed E-state index contributed by atoms with van der Waals surface area (Å²) in [5.41, 5.74) is 0. The second kappa shape index (κ2) is 6.06. The lowest BCUT2D eigenvalue weighted by atomic mass is 9.99. The first-order valence-electron chi connectivity index (χ1n) is 7.82. The Bertz CT molecular complexity index is 558. The highest BCUT2D eigenvalue weighted by Crippen LogP contribution is 2.28. The van der Waals surface area contributed by atoms with Gasteiger partial charge in [-0.1, -0.05) is 6.92 Å². The number of hydrogen-bond acceptors (Lipinski definition) is 3. The Morgan fingerprint density at radius 2 is 1.90 bits per heavy atom. The highest BCUT2D eigenvalue weighted by Gasteiger charge is 2.36. The Labute approximate surface area is 126 Å². The zero-order valence-electron chi connectivity index (χ0n) is 12.5. The molecule has 0 aliphatic carbocycles. The maximum absolute atomic E-state index is 12.8. The number of aromatic amines is 1. The molecule has 118 valence electrons. The molecular formula is C14H24N4O2S. The average molecular weight is 312 g/mol. The summed E-state index contributed by atoms with van der Waals surface area (Å²) in [6.07, 6.45) is 7.52. The highest BCUT2D eigenvalue weighted by molar-refractivity contribution is 7.86. The van der Waals surface area contributed by atoms with E-state index < -0.39 is 10.2 Å². The Balaban J connectivity index is 1.72. The van der Waals surface area contributed by atoms with E-state index in [0.717, 1.165) is 31.5 Å². The van der Waals surface area contributed by atoms with Crippen LogP contribution in [0.5, 0.6) is 0 Å². The van der Waals surface area contributed by atoms with Crippen molar-refractivity contribution in [1.82, 2.24) is 18.6 Å². The van der Waals surface area contributed by atoms with Crippen molar-refractivity contribution in [3.05, 3.63) is 18.2 Å². The molecule has 2 aliphatic rings. The van der Waals surface area contributed by atoms with Crippen LogP contribution in [0.3, 0.4) is 0 Å². The zero-order chi connectivity index (χ0) is 14.9. The zero-order valence-corrected chi connectivity index (χ0v) is 13.3. The van der Waals surface area contributed by atoms with Crippen LogP contribution in [0.15, 0.2) is 12.4 Å². The Morgan fingerprint density at radius 1 is 1.19 bits per heavy atom. The largest absolute Gasteiger partial charge is 0.348 e. The molecule has 2 fully saturated rings. The Hall–Kier alpha value is -0.920. The molecule has 1 aromatic heterocycles. The van der Waals surface area contributed by atoms with E-state index in [1.54, 1.807) is 21.0 Å². The average Bonchev–Trinajstić information content (AvgIpc) is 3.02. The SMILES string of the molecule is C[C@H]1CCCN(S(=O)(=O)N2CCC[C@@H](c3ncc[nH]3)C2)C1. The number of nitrogens with one attached hydrogen (secondary N) is 1. The third-order valence-corrected chi connectivity index (χ3v) is 6.53. The molecule has 2 aliphatic heterocycles. The molecule has 0 aromatic carbocycles. The van der Waals surface area contributed by atoms with Gasteiger partial charge in [-0.15, -0.1) is 0 Å². The number of rotatable bonds is 3. The normalized spacial score (nSPS) is 29.6. The third kappa shape index (κ3) is 3.14. The van der Waals surface area contributed by atoms with Crippen LogP contribution < -0.4 is 0 Å². The first-order chi connectivity index (χ1) is 10.1. The van der Waals surface area contributed by atoms with Crippen molar-refractivity contribution in [2.75, 3.05) is 26.2 Å². The van der Waals surface area contributed by atoms with Crippen molar-refractivity contribution in [3.8, 4) is 0 Å². The summed E-state index contributed by atoms with van der Waals surface area (Å²) in [4.78, 5) is 7.41. The molecule has 3 heterocycles. The summed E-state index contributed by atoms with van der Waals surface area (Å²) < 4.78 is 29.0. The van der Waals surface area contributed by atoms with Crippen molar-refractivity contribution < 1.29 is 8.42 Å². The Morgan fingerprint density at radius 3 is 2.57 bits per heavy atom. The molecule has 0 spiro atoms. The Kier molecular flexibility index (Phi) is 4.33. The van der Waals surface area contributed by atoms with Gasteiger partial charge in [-0.25, -0.2) is 4.98 Å². The van der Waals surface area contributed by atoms with Crippen LogP contribution in [0.1, 0.15) is 44.3 Å². The van der Waals surface area contributed by atoms with Gasteiger partial charge in [-0.05, 0) is 31.6 Å². The molecule has 0 radical (unpaired) electrons. The van der Waals surface area contributed by atoms with E-state index in [2.05, 4.69) is 16.9 Å². The van der Waals surface area contributed by atoms with Crippen LogP contribution in [0.2, 0.25) is 0 Å². The standard InChI is InChI=1S/C14H24N4O2S/c1-12-4-2-8-17(10-12)21(19,20)18-9-3-5-13(11-18)14-15-6-7-16-14/h6-7,12-13H,2-5,8-11H2,1H3,(H,15,16)/t12-,13+/m0/s1. The van der Waals surface area contributed by atoms with Gasteiger partial charge in [0.2, 0.25) is 0 Å². The summed E-state index contributed by atoms with van der Waals surface area (Å²) in [7, 11) is -3.32. The fourth-order valence-electron chi connectivity index (χ4n) is 3.40. The fraction of sp³-hybridized carbons (Fsp3) is 0.786. The lowest BCUT2D eigenvalue weighted by Crippen LogP contribution is -2.50. The minimum atomic E-state index is -3.32. The van der Waals surface area contributed by atoms with Crippen molar-refractivity contribution >= 4 is 10.2 Å². The molecule has 2 saturated heterocycles. The van der Waals surface area contributed by atoms with Gasteiger partial charge in [-0.2, -0.15) is 17.0 Å². The second-order valence-corrected chi connectivity index (χ2v) is 8.21. The fourth-order valence-corrected chi connectivity index (χ4v) is 5.25. The summed E-state index contributed by atoms with van der Waals surface area (Å²) in [6, 6.07) is 0. The quantitative estimate of drug-likeness (QED) is 0.921. The number of H-pyrrole nitrogens is 1. The van der Waals surface area contributed by atoms with E-state index in [4.69, 9.17) is 0 Å². The van der Waals surface area contributed by atoms with Gasteiger partial charge in [0.1, 0.15) is 5.82 Å². The smallest absolute Gasteiger partial charge is 0.282 e. The monoisotopic (exact) mass is 312 g/mol. The van der Waals surface area contributed by atoms with Crippen LogP contribution in [0, 0.1) is 5.92 Å². The maximum atomic E-state index is 12.8. The molecule has 6 nitrogen and oxygen atoms in total. The second-order valence-electron chi connectivity index (χ2n) is 6.28. The third-order valence-electron chi connectivity index (χ3n) is 4.56. The molecule has 0 amide bonds. The van der Waals surface area contributed by atoms with E-state index in [0.29, 0.717) is 32.1 Å². The van der Waals surface area contributed by atoms with E-state index in [9.17, 15) is 8.42 Å². The van der Waals surface area contributed by atoms with Crippen molar-refractivity contribution in [2.45, 2.75) is 38.5 Å². The molecule has 1 N–H and O–H groups in total. The van der Waals surface area contributed by atoms with Crippen molar-refractivity contribution in [2.24, 2.45) is 5.92 Å². The minimum absolute atomic E-state index is 0.186. The van der Waals surface area contributed by atoms with Gasteiger partial charge in [0.15, 0.2) is 0 Å². The molecule has 0 saturated carbocycles. The summed E-state index contributed by atoms with van der Waals surface area (Å²) in [5, 5.41) is 0. The molecule has 2 atom stereocenters. The van der Waals surface area contributed by atoms with Crippen LogP contribution >= 0.6 is 0 Å². The summed E-state index contributed by atoms with van der Waals surface area (Å²) >= 11 is 0. The van der Waals surface area contributed by atoms with E-state index in [-0.39, 0.29) is 5.92 Å². The molecule has 3 rings (SSSR count). The first kappa shape index (κ1) is 15.0. The number of aromatic nitrogens is 2. The summed E-state index contributed by atoms with van der Waals surface area (Å²) in [5.74, 6) is 1.55. The number of piperidine rings is 2. The van der Waals surface area contributed by atoms with Gasteiger partial charge >= 0.3 is 0 Å². The number of imidazole rings is 1. The van der Waals surface area contributed by atoms with Crippen LogP contribution in [-0.4, -0.2) is 53.2 Å². The van der Waals surface area contributed by atoms with Crippen LogP contribution in [-0.2, 0) is 10.2 Å². The van der Waals surface area contributed by atoms with Crippen LogP contribution in [0.4, 0.5) is 0 Å². The lowest BCUT2D eigenvalue weighted by molar-refractivity contribution is 0.239. The van der Waals surface area contributed by atoms with E-state index in [1.807, 2.05) is 0 Å². The predicted octanol–water partition coefficient (Wildman–Crippen LogP) is 1.57. The molecule has 0 bridgehead atoms. The van der Waals surface area contributed by atoms with E-state index in [1.165, 1.54) is 0 Å². The molecule has 21 heavy (non-hydrogen) atoms. The van der Waals surface area contributed by atoms with Gasteiger partial charge in [0.05, 0.1) is 0 Å². The molecule has 1 aromatic rings. The number of hydrogen-bond donors (Lipinski definition) is 1. The summed E-state index contributed by atoms with van der Waals surface area (Å²) in [6.45, 7) is 4.62. The molecular weight excluding hydrogens is 288 g/mol. The molecule has 7 heteroatoms. The molecule has 0 unspecified atom stereocenters. The van der Waals surface area contributed by atoms with Crippen molar-refractivity contribution in [1.29, 1.82) is 0 Å². The van der Waals surface area contributed by atoms with E-state index >= 15 is 0 Å². The van der Waals surface area contributed by atoms with Gasteiger partial charge in [-0.3, -0.25) is 0 Å². The minimum Gasteiger partial charge on any atom is -0.348 e. The topological polar surface area (TPSA) is 69.3 Å². The van der Waals surface area contributed by atoms with Gasteiger partial charge < -0.3 is 4.98 Å². The lowest BCUT2D eigenvalue weighted by Gasteiger charge is -2.37. The van der Waals surface area contributed by atoms with Gasteiger partial charge in [0.25, 0.3) is 10.2 Å². The van der Waals surface area contributed by atoms with Crippen molar-refractivity contribution in [3.63, 3.8) is 0 Å².